The number of hydrogen-bond donors (Lipinski definition) is 2. The number of fused-ring (bicyclic) bond motifs is 2. The van der Waals surface area contributed by atoms with Gasteiger partial charge in [-0.15, -0.1) is 11.8 Å². The largest absolute Gasteiger partial charge is 0.497 e. The standard InChI is InChI=1S/C24H24N4O5S/c1-33-17-8-6-16(7-9-17)25-21(30)19-13-34-14-28(19)20(29)12-27-22(31)24(26-23(27)32)11-10-15-4-2-3-5-18(15)24/h2-9,19H,10-14H2,1H3,(H,25,30)(H,26,32). The van der Waals surface area contributed by atoms with Gasteiger partial charge >= 0.3 is 6.03 Å². The van der Waals surface area contributed by atoms with E-state index in [4.69, 9.17) is 4.74 Å². The van der Waals surface area contributed by atoms with E-state index in [1.54, 1.807) is 31.4 Å². The molecule has 0 bridgehead atoms. The highest BCUT2D eigenvalue weighted by atomic mass is 32.2. The summed E-state index contributed by atoms with van der Waals surface area (Å²) in [6, 6.07) is 13.2. The van der Waals surface area contributed by atoms with Crippen molar-refractivity contribution in [2.75, 3.05) is 30.6 Å². The lowest BCUT2D eigenvalue weighted by Gasteiger charge is -2.25. The lowest BCUT2D eigenvalue weighted by atomic mass is 9.92. The van der Waals surface area contributed by atoms with Crippen molar-refractivity contribution >= 4 is 41.2 Å². The van der Waals surface area contributed by atoms with E-state index >= 15 is 0 Å². The Labute approximate surface area is 200 Å². The number of urea groups is 1. The molecule has 0 aromatic heterocycles. The summed E-state index contributed by atoms with van der Waals surface area (Å²) in [4.78, 5) is 54.5. The van der Waals surface area contributed by atoms with Gasteiger partial charge in [0.25, 0.3) is 5.91 Å². The maximum atomic E-state index is 13.3. The number of amides is 5. The predicted molar refractivity (Wildman–Crippen MR) is 126 cm³/mol. The van der Waals surface area contributed by atoms with E-state index in [0.29, 0.717) is 35.9 Å². The third-order valence-corrected chi connectivity index (χ3v) is 7.59. The molecule has 2 unspecified atom stereocenters. The highest BCUT2D eigenvalue weighted by Crippen LogP contribution is 2.41. The molecule has 2 aliphatic heterocycles. The minimum absolute atomic E-state index is 0.317. The zero-order chi connectivity index (χ0) is 23.9. The first-order valence-corrected chi connectivity index (χ1v) is 12.1. The Morgan fingerprint density at radius 3 is 2.71 bits per heavy atom. The molecule has 1 spiro atoms. The van der Waals surface area contributed by atoms with Gasteiger partial charge in [-0.2, -0.15) is 0 Å². The summed E-state index contributed by atoms with van der Waals surface area (Å²) in [6.07, 6.45) is 1.15. The summed E-state index contributed by atoms with van der Waals surface area (Å²) >= 11 is 1.45. The van der Waals surface area contributed by atoms with Crippen LogP contribution in [0.3, 0.4) is 0 Å². The van der Waals surface area contributed by atoms with Crippen molar-refractivity contribution < 1.29 is 23.9 Å². The Bertz CT molecular complexity index is 1170. The molecule has 2 heterocycles. The summed E-state index contributed by atoms with van der Waals surface area (Å²) in [5, 5.41) is 5.65. The Morgan fingerprint density at radius 2 is 1.94 bits per heavy atom. The number of rotatable bonds is 5. The van der Waals surface area contributed by atoms with E-state index in [9.17, 15) is 19.2 Å². The normalized spacial score (nSPS) is 23.3. The summed E-state index contributed by atoms with van der Waals surface area (Å²) < 4.78 is 5.12. The molecule has 2 saturated heterocycles. The van der Waals surface area contributed by atoms with Crippen molar-refractivity contribution in [2.24, 2.45) is 0 Å². The molecule has 34 heavy (non-hydrogen) atoms. The second-order valence-electron chi connectivity index (χ2n) is 8.48. The SMILES string of the molecule is COc1ccc(NC(=O)C2CSCN2C(=O)CN2C(=O)NC3(CCc4ccccc43)C2=O)cc1. The molecule has 3 aliphatic rings. The number of carbonyl (C=O) groups is 4. The Hall–Kier alpha value is -3.53. The lowest BCUT2D eigenvalue weighted by Crippen LogP contribution is -2.49. The summed E-state index contributed by atoms with van der Waals surface area (Å²) in [7, 11) is 1.56. The predicted octanol–water partition coefficient (Wildman–Crippen LogP) is 1.93. The average Bonchev–Trinajstić information content (AvgIpc) is 3.54. The average molecular weight is 481 g/mol. The molecule has 5 amide bonds. The molecule has 5 rings (SSSR count). The van der Waals surface area contributed by atoms with E-state index in [-0.39, 0.29) is 5.91 Å². The van der Waals surface area contributed by atoms with Crippen LogP contribution in [-0.2, 0) is 26.3 Å². The molecule has 176 valence electrons. The number of nitrogens with one attached hydrogen (secondary N) is 2. The van der Waals surface area contributed by atoms with E-state index in [1.807, 2.05) is 24.3 Å². The molecule has 2 fully saturated rings. The Morgan fingerprint density at radius 1 is 1.18 bits per heavy atom. The summed E-state index contributed by atoms with van der Waals surface area (Å²) in [6.45, 7) is -0.401. The Balaban J connectivity index is 1.27. The van der Waals surface area contributed by atoms with Crippen molar-refractivity contribution in [1.82, 2.24) is 15.1 Å². The third kappa shape index (κ3) is 3.67. The van der Waals surface area contributed by atoms with Crippen LogP contribution in [0.15, 0.2) is 48.5 Å². The van der Waals surface area contributed by atoms with E-state index < -0.39 is 36.0 Å². The van der Waals surface area contributed by atoms with Gasteiger partial charge in [0.05, 0.1) is 13.0 Å². The van der Waals surface area contributed by atoms with Gasteiger partial charge in [0.15, 0.2) is 0 Å². The first-order valence-electron chi connectivity index (χ1n) is 11.0. The van der Waals surface area contributed by atoms with Crippen LogP contribution >= 0.6 is 11.8 Å². The summed E-state index contributed by atoms with van der Waals surface area (Å²) in [5.74, 6) is 0.250. The maximum absolute atomic E-state index is 13.3. The highest BCUT2D eigenvalue weighted by molar-refractivity contribution is 7.99. The quantitative estimate of drug-likeness (QED) is 0.634. The molecule has 9 nitrogen and oxygen atoms in total. The van der Waals surface area contributed by atoms with Gasteiger partial charge in [0, 0.05) is 11.4 Å². The molecule has 2 atom stereocenters. The maximum Gasteiger partial charge on any atom is 0.325 e. The van der Waals surface area contributed by atoms with Crippen LogP contribution in [0.25, 0.3) is 0 Å². The molecule has 0 radical (unpaired) electrons. The topological polar surface area (TPSA) is 108 Å². The first-order chi connectivity index (χ1) is 16.4. The molecule has 2 N–H and O–H groups in total. The number of hydrogen-bond acceptors (Lipinski definition) is 6. The smallest absolute Gasteiger partial charge is 0.325 e. The van der Waals surface area contributed by atoms with Gasteiger partial charge in [-0.25, -0.2) is 4.79 Å². The second-order valence-corrected chi connectivity index (χ2v) is 9.48. The van der Waals surface area contributed by atoms with Gasteiger partial charge in [-0.05, 0) is 48.2 Å². The third-order valence-electron chi connectivity index (χ3n) is 6.58. The number of ether oxygens (including phenoxy) is 1. The Kier molecular flexibility index (Phi) is 5.68. The molecule has 1 aliphatic carbocycles. The minimum atomic E-state index is -1.11. The van der Waals surface area contributed by atoms with Gasteiger partial charge in [0.1, 0.15) is 23.9 Å². The minimum Gasteiger partial charge on any atom is -0.497 e. The van der Waals surface area contributed by atoms with Crippen molar-refractivity contribution in [2.45, 2.75) is 24.4 Å². The number of imide groups is 1. The molecular weight excluding hydrogens is 456 g/mol. The van der Waals surface area contributed by atoms with Crippen molar-refractivity contribution in [3.63, 3.8) is 0 Å². The van der Waals surface area contributed by atoms with Crippen LogP contribution in [0.1, 0.15) is 17.5 Å². The molecular formula is C24H24N4O5S. The van der Waals surface area contributed by atoms with E-state index in [1.165, 1.54) is 16.7 Å². The van der Waals surface area contributed by atoms with Gasteiger partial charge in [-0.3, -0.25) is 19.3 Å². The number of anilines is 1. The number of nitrogens with zero attached hydrogens (tertiary/aromatic N) is 2. The lowest BCUT2D eigenvalue weighted by molar-refractivity contribution is -0.141. The molecule has 0 saturated carbocycles. The molecule has 10 heteroatoms. The van der Waals surface area contributed by atoms with Crippen LogP contribution in [0.5, 0.6) is 5.75 Å². The number of benzene rings is 2. The van der Waals surface area contributed by atoms with Crippen LogP contribution in [0.2, 0.25) is 0 Å². The van der Waals surface area contributed by atoms with Gasteiger partial charge in [-0.1, -0.05) is 24.3 Å². The van der Waals surface area contributed by atoms with Crippen LogP contribution in [-0.4, -0.2) is 64.9 Å². The van der Waals surface area contributed by atoms with Crippen molar-refractivity contribution in [3.8, 4) is 5.75 Å². The number of thioether (sulfide) groups is 1. The van der Waals surface area contributed by atoms with E-state index in [0.717, 1.165) is 16.0 Å². The summed E-state index contributed by atoms with van der Waals surface area (Å²) in [5.41, 5.74) is 1.29. The van der Waals surface area contributed by atoms with Crippen LogP contribution < -0.4 is 15.4 Å². The molecule has 2 aromatic rings. The highest BCUT2D eigenvalue weighted by Gasteiger charge is 2.55. The van der Waals surface area contributed by atoms with Gasteiger partial charge in [0.2, 0.25) is 11.8 Å². The van der Waals surface area contributed by atoms with Crippen molar-refractivity contribution in [1.29, 1.82) is 0 Å². The fourth-order valence-corrected chi connectivity index (χ4v) is 5.95. The number of aryl methyl sites for hydroxylation is 1. The number of carbonyl (C=O) groups excluding carboxylic acids is 4. The number of methoxy groups -OCH3 is 1. The van der Waals surface area contributed by atoms with Crippen LogP contribution in [0, 0.1) is 0 Å². The van der Waals surface area contributed by atoms with E-state index in [2.05, 4.69) is 10.6 Å². The van der Waals surface area contributed by atoms with Crippen LogP contribution in [0.4, 0.5) is 10.5 Å². The zero-order valence-corrected chi connectivity index (χ0v) is 19.4. The monoisotopic (exact) mass is 480 g/mol. The zero-order valence-electron chi connectivity index (χ0n) is 18.6. The fraction of sp³-hybridized carbons (Fsp3) is 0.333. The second kappa shape index (κ2) is 8.68. The first kappa shape index (κ1) is 22.3. The van der Waals surface area contributed by atoms with Crippen molar-refractivity contribution in [3.05, 3.63) is 59.7 Å². The van der Waals surface area contributed by atoms with Gasteiger partial charge < -0.3 is 20.3 Å². The molecule has 2 aromatic carbocycles. The fourth-order valence-electron chi connectivity index (χ4n) is 4.76.